The number of aromatic nitrogens is 1. The third-order valence-electron chi connectivity index (χ3n) is 4.92. The maximum absolute atomic E-state index is 13.6. The van der Waals surface area contributed by atoms with E-state index >= 15 is 0 Å². The summed E-state index contributed by atoms with van der Waals surface area (Å²) in [4.78, 5) is 31.4. The van der Waals surface area contributed by atoms with Gasteiger partial charge in [-0.05, 0) is 38.2 Å². The molecule has 128 valence electrons. The molecule has 1 saturated heterocycles. The summed E-state index contributed by atoms with van der Waals surface area (Å²) in [6.07, 6.45) is 0.984. The zero-order valence-electron chi connectivity index (χ0n) is 14.2. The van der Waals surface area contributed by atoms with Crippen LogP contribution in [0.15, 0.2) is 29.1 Å². The first kappa shape index (κ1) is 16.6. The summed E-state index contributed by atoms with van der Waals surface area (Å²) in [7, 11) is 4.03. The predicted molar refractivity (Wildman–Crippen MR) is 91.7 cm³/mol. The molecular weight excluding hydrogens is 309 g/mol. The fourth-order valence-corrected chi connectivity index (χ4v) is 3.58. The molecule has 0 bridgehead atoms. The highest BCUT2D eigenvalue weighted by Crippen LogP contribution is 2.26. The molecule has 1 aromatic heterocycles. The number of nitrogens with one attached hydrogen (secondary N) is 1. The van der Waals surface area contributed by atoms with Gasteiger partial charge in [0.25, 0.3) is 5.91 Å². The minimum absolute atomic E-state index is 0.209. The molecule has 0 radical (unpaired) electrons. The maximum atomic E-state index is 13.6. The number of hydrogen-bond acceptors (Lipinski definition) is 3. The molecule has 2 aromatic rings. The van der Waals surface area contributed by atoms with Crippen LogP contribution in [0.25, 0.3) is 10.9 Å². The van der Waals surface area contributed by atoms with Gasteiger partial charge in [0.05, 0.1) is 5.56 Å². The van der Waals surface area contributed by atoms with Gasteiger partial charge < -0.3 is 14.8 Å². The Morgan fingerprint density at radius 3 is 2.71 bits per heavy atom. The molecule has 24 heavy (non-hydrogen) atoms. The van der Waals surface area contributed by atoms with Gasteiger partial charge in [0, 0.05) is 36.1 Å². The van der Waals surface area contributed by atoms with E-state index in [2.05, 4.69) is 16.8 Å². The second-order valence-corrected chi connectivity index (χ2v) is 6.65. The SMILES string of the molecule is CCC1CN(C(=O)c2cc(=O)[nH]c3ccc(F)cc23)CC1N(C)C. The Kier molecular flexibility index (Phi) is 4.41. The highest BCUT2D eigenvalue weighted by Gasteiger charge is 2.36. The first-order chi connectivity index (χ1) is 11.4. The number of nitrogens with zero attached hydrogens (tertiary/aromatic N) is 2. The van der Waals surface area contributed by atoms with Crippen molar-refractivity contribution in [3.63, 3.8) is 0 Å². The van der Waals surface area contributed by atoms with Crippen LogP contribution in [0, 0.1) is 11.7 Å². The third-order valence-corrected chi connectivity index (χ3v) is 4.92. The molecule has 1 aliphatic rings. The van der Waals surface area contributed by atoms with Crippen LogP contribution in [0.4, 0.5) is 4.39 Å². The van der Waals surface area contributed by atoms with Crippen molar-refractivity contribution in [1.29, 1.82) is 0 Å². The average Bonchev–Trinajstić information content (AvgIpc) is 2.98. The second-order valence-electron chi connectivity index (χ2n) is 6.65. The Labute approximate surface area is 140 Å². The number of carbonyl (C=O) groups is 1. The van der Waals surface area contributed by atoms with Crippen molar-refractivity contribution < 1.29 is 9.18 Å². The van der Waals surface area contributed by atoms with Crippen molar-refractivity contribution in [3.05, 3.63) is 46.0 Å². The number of pyridine rings is 1. The summed E-state index contributed by atoms with van der Waals surface area (Å²) in [5.74, 6) is -0.240. The number of benzene rings is 1. The highest BCUT2D eigenvalue weighted by atomic mass is 19.1. The van der Waals surface area contributed by atoms with Crippen LogP contribution in [0.1, 0.15) is 23.7 Å². The van der Waals surface area contributed by atoms with Gasteiger partial charge in [-0.25, -0.2) is 4.39 Å². The summed E-state index contributed by atoms with van der Waals surface area (Å²) >= 11 is 0. The third kappa shape index (κ3) is 2.94. The van der Waals surface area contributed by atoms with E-state index < -0.39 is 5.82 Å². The zero-order chi connectivity index (χ0) is 17.4. The van der Waals surface area contributed by atoms with Crippen LogP contribution in [0.3, 0.4) is 0 Å². The van der Waals surface area contributed by atoms with Crippen molar-refractivity contribution in [2.45, 2.75) is 19.4 Å². The lowest BCUT2D eigenvalue weighted by molar-refractivity contribution is 0.0782. The Bertz CT molecular complexity index is 831. The topological polar surface area (TPSA) is 56.4 Å². The molecule has 0 saturated carbocycles. The van der Waals surface area contributed by atoms with Crippen LogP contribution in [-0.2, 0) is 0 Å². The van der Waals surface area contributed by atoms with Crippen LogP contribution in [0.5, 0.6) is 0 Å². The fraction of sp³-hybridized carbons (Fsp3) is 0.444. The monoisotopic (exact) mass is 331 g/mol. The molecule has 0 spiro atoms. The lowest BCUT2D eigenvalue weighted by Gasteiger charge is -2.23. The largest absolute Gasteiger partial charge is 0.337 e. The van der Waals surface area contributed by atoms with Crippen LogP contribution < -0.4 is 5.56 Å². The van der Waals surface area contributed by atoms with E-state index in [0.29, 0.717) is 36.0 Å². The van der Waals surface area contributed by atoms with E-state index in [4.69, 9.17) is 0 Å². The van der Waals surface area contributed by atoms with Crippen molar-refractivity contribution in [1.82, 2.24) is 14.8 Å². The summed E-state index contributed by atoms with van der Waals surface area (Å²) in [6, 6.07) is 5.63. The molecule has 2 unspecified atom stereocenters. The van der Waals surface area contributed by atoms with E-state index in [1.54, 1.807) is 4.90 Å². The molecule has 1 amide bonds. The number of hydrogen-bond donors (Lipinski definition) is 1. The van der Waals surface area contributed by atoms with Crippen LogP contribution in [-0.4, -0.2) is 53.9 Å². The lowest BCUT2D eigenvalue weighted by Crippen LogP contribution is -2.36. The smallest absolute Gasteiger partial charge is 0.254 e. The van der Waals surface area contributed by atoms with Gasteiger partial charge in [0.1, 0.15) is 5.82 Å². The van der Waals surface area contributed by atoms with Crippen molar-refractivity contribution >= 4 is 16.8 Å². The highest BCUT2D eigenvalue weighted by molar-refractivity contribution is 6.06. The second kappa shape index (κ2) is 6.36. The van der Waals surface area contributed by atoms with Gasteiger partial charge in [-0.15, -0.1) is 0 Å². The molecule has 2 heterocycles. The van der Waals surface area contributed by atoms with E-state index in [1.165, 1.54) is 24.3 Å². The molecule has 1 aliphatic heterocycles. The summed E-state index contributed by atoms with van der Waals surface area (Å²) < 4.78 is 13.6. The number of H-pyrrole nitrogens is 1. The number of likely N-dealkylation sites (tertiary alicyclic amines) is 1. The Balaban J connectivity index is 2.00. The Morgan fingerprint density at radius 1 is 1.33 bits per heavy atom. The van der Waals surface area contributed by atoms with E-state index in [-0.39, 0.29) is 17.0 Å². The zero-order valence-corrected chi connectivity index (χ0v) is 14.2. The molecule has 5 nitrogen and oxygen atoms in total. The summed E-state index contributed by atoms with van der Waals surface area (Å²) in [5.41, 5.74) is 0.387. The normalized spacial score (nSPS) is 21.0. The Hall–Kier alpha value is -2.21. The molecule has 2 atom stereocenters. The number of fused-ring (bicyclic) bond motifs is 1. The minimum atomic E-state index is -0.428. The first-order valence-electron chi connectivity index (χ1n) is 8.19. The van der Waals surface area contributed by atoms with Gasteiger partial charge in [-0.2, -0.15) is 0 Å². The van der Waals surface area contributed by atoms with Crippen LogP contribution in [0.2, 0.25) is 0 Å². The molecular formula is C18H22FN3O2. The van der Waals surface area contributed by atoms with Crippen molar-refractivity contribution in [2.24, 2.45) is 5.92 Å². The number of halogens is 1. The number of aromatic amines is 1. The van der Waals surface area contributed by atoms with Crippen molar-refractivity contribution in [2.75, 3.05) is 27.2 Å². The molecule has 1 fully saturated rings. The molecule has 6 heteroatoms. The number of likely N-dealkylation sites (N-methyl/N-ethyl adjacent to an activating group) is 1. The van der Waals surface area contributed by atoms with Gasteiger partial charge in [0.15, 0.2) is 0 Å². The van der Waals surface area contributed by atoms with Gasteiger partial charge in [0.2, 0.25) is 5.56 Å². The molecule has 1 aromatic carbocycles. The lowest BCUT2D eigenvalue weighted by atomic mass is 10.0. The Morgan fingerprint density at radius 2 is 2.08 bits per heavy atom. The average molecular weight is 331 g/mol. The van der Waals surface area contributed by atoms with Gasteiger partial charge >= 0.3 is 0 Å². The number of rotatable bonds is 3. The standard InChI is InChI=1S/C18H22FN3O2/c1-4-11-9-22(10-16(11)21(2)3)18(24)14-8-17(23)20-15-6-5-12(19)7-13(14)15/h5-8,11,16H,4,9-10H2,1-3H3,(H,20,23). The summed E-state index contributed by atoms with van der Waals surface area (Å²) in [6.45, 7) is 3.39. The minimum Gasteiger partial charge on any atom is -0.337 e. The number of amides is 1. The molecule has 0 aliphatic carbocycles. The molecule has 1 N–H and O–H groups in total. The van der Waals surface area contributed by atoms with Gasteiger partial charge in [-0.1, -0.05) is 13.3 Å². The van der Waals surface area contributed by atoms with E-state index in [1.807, 2.05) is 14.1 Å². The predicted octanol–water partition coefficient (Wildman–Crippen LogP) is 2.08. The van der Waals surface area contributed by atoms with Crippen LogP contribution >= 0.6 is 0 Å². The number of carbonyl (C=O) groups excluding carboxylic acids is 1. The van der Waals surface area contributed by atoms with Gasteiger partial charge in [-0.3, -0.25) is 9.59 Å². The van der Waals surface area contributed by atoms with Crippen molar-refractivity contribution in [3.8, 4) is 0 Å². The summed E-state index contributed by atoms with van der Waals surface area (Å²) in [5, 5.41) is 0.445. The quantitative estimate of drug-likeness (QED) is 0.937. The first-order valence-corrected chi connectivity index (χ1v) is 8.19. The fourth-order valence-electron chi connectivity index (χ4n) is 3.58. The maximum Gasteiger partial charge on any atom is 0.254 e. The molecule has 3 rings (SSSR count). The van der Waals surface area contributed by atoms with E-state index in [0.717, 1.165) is 6.42 Å². The van der Waals surface area contributed by atoms with E-state index in [9.17, 15) is 14.0 Å².